The fraction of sp³-hybridized carbons (Fsp3) is 0.235. The minimum atomic E-state index is -0.594. The molecule has 0 aliphatic heterocycles. The van der Waals surface area contributed by atoms with Gasteiger partial charge in [-0.2, -0.15) is 0 Å². The zero-order valence-corrected chi connectivity index (χ0v) is 14.7. The van der Waals surface area contributed by atoms with Crippen LogP contribution in [0.5, 0.6) is 5.75 Å². The highest BCUT2D eigenvalue weighted by Gasteiger charge is 2.19. The third kappa shape index (κ3) is 4.24. The summed E-state index contributed by atoms with van der Waals surface area (Å²) in [5, 5.41) is 3.37. The molecule has 0 saturated carbocycles. The molecule has 1 N–H and O–H groups in total. The van der Waals surface area contributed by atoms with Crippen molar-refractivity contribution in [1.82, 2.24) is 0 Å². The molecule has 0 bridgehead atoms. The van der Waals surface area contributed by atoms with E-state index in [1.165, 1.54) is 0 Å². The highest BCUT2D eigenvalue weighted by Crippen LogP contribution is 2.25. The van der Waals surface area contributed by atoms with Gasteiger partial charge in [0.15, 0.2) is 6.10 Å². The second-order valence-corrected chi connectivity index (χ2v) is 6.16. The van der Waals surface area contributed by atoms with Gasteiger partial charge in [0.1, 0.15) is 5.75 Å². The molecule has 3 nitrogen and oxygen atoms in total. The molecule has 0 unspecified atom stereocenters. The molecule has 0 spiro atoms. The molecular formula is C17H17BrClNO2. The average molecular weight is 383 g/mol. The molecule has 5 heteroatoms. The molecule has 0 aliphatic rings. The Morgan fingerprint density at radius 1 is 1.32 bits per heavy atom. The van der Waals surface area contributed by atoms with Gasteiger partial charge >= 0.3 is 0 Å². The van der Waals surface area contributed by atoms with E-state index in [0.717, 1.165) is 15.7 Å². The number of rotatable bonds is 5. The van der Waals surface area contributed by atoms with Crippen molar-refractivity contribution in [2.75, 3.05) is 5.32 Å². The zero-order valence-electron chi connectivity index (χ0n) is 12.4. The molecule has 116 valence electrons. The van der Waals surface area contributed by atoms with Gasteiger partial charge in [0.05, 0.1) is 5.02 Å². The maximum atomic E-state index is 12.4. The molecule has 0 saturated heterocycles. The number of nitrogens with one attached hydrogen (secondary N) is 1. The van der Waals surface area contributed by atoms with Gasteiger partial charge in [-0.05, 0) is 49.2 Å². The molecule has 0 radical (unpaired) electrons. The van der Waals surface area contributed by atoms with Crippen molar-refractivity contribution >= 4 is 39.1 Å². The highest BCUT2D eigenvalue weighted by molar-refractivity contribution is 9.10. The predicted molar refractivity (Wildman–Crippen MR) is 93.7 cm³/mol. The summed E-state index contributed by atoms with van der Waals surface area (Å²) in [6, 6.07) is 12.8. The van der Waals surface area contributed by atoms with Crippen molar-refractivity contribution in [1.29, 1.82) is 0 Å². The first-order valence-corrected chi connectivity index (χ1v) is 8.16. The lowest BCUT2D eigenvalue weighted by Crippen LogP contribution is -2.32. The second kappa shape index (κ2) is 7.65. The molecule has 1 atom stereocenters. The van der Waals surface area contributed by atoms with Crippen LogP contribution in [0.25, 0.3) is 0 Å². The number of halogens is 2. The smallest absolute Gasteiger partial charge is 0.265 e. The number of carbonyl (C=O) groups excluding carboxylic acids is 1. The summed E-state index contributed by atoms with van der Waals surface area (Å²) >= 11 is 9.50. The van der Waals surface area contributed by atoms with E-state index >= 15 is 0 Å². The van der Waals surface area contributed by atoms with Gasteiger partial charge in [0.25, 0.3) is 5.91 Å². The number of ether oxygens (including phenoxy) is 1. The van der Waals surface area contributed by atoms with E-state index in [9.17, 15) is 4.79 Å². The van der Waals surface area contributed by atoms with E-state index in [1.54, 1.807) is 12.1 Å². The Balaban J connectivity index is 2.08. The second-order valence-electron chi connectivity index (χ2n) is 4.90. The summed E-state index contributed by atoms with van der Waals surface area (Å²) in [6.07, 6.45) is -0.0455. The number of aryl methyl sites for hydroxylation is 1. The Hall–Kier alpha value is -1.52. The van der Waals surface area contributed by atoms with Crippen LogP contribution in [0.1, 0.15) is 18.9 Å². The largest absolute Gasteiger partial charge is 0.479 e. The lowest BCUT2D eigenvalue weighted by atomic mass is 10.2. The van der Waals surface area contributed by atoms with Crippen molar-refractivity contribution < 1.29 is 9.53 Å². The fourth-order valence-electron chi connectivity index (χ4n) is 1.96. The number of hydrogen-bond acceptors (Lipinski definition) is 2. The number of hydrogen-bond donors (Lipinski definition) is 1. The molecule has 0 aromatic heterocycles. The summed E-state index contributed by atoms with van der Waals surface area (Å²) in [5.41, 5.74) is 1.80. The van der Waals surface area contributed by atoms with Crippen LogP contribution in [0.3, 0.4) is 0 Å². The van der Waals surface area contributed by atoms with E-state index in [2.05, 4.69) is 21.2 Å². The first-order chi connectivity index (χ1) is 10.5. The quantitative estimate of drug-likeness (QED) is 0.771. The minimum Gasteiger partial charge on any atom is -0.479 e. The summed E-state index contributed by atoms with van der Waals surface area (Å²) in [6.45, 7) is 3.87. The van der Waals surface area contributed by atoms with Gasteiger partial charge < -0.3 is 10.1 Å². The van der Waals surface area contributed by atoms with Crippen LogP contribution in [-0.2, 0) is 4.79 Å². The molecule has 0 heterocycles. The average Bonchev–Trinajstić information content (AvgIpc) is 2.50. The monoisotopic (exact) mass is 381 g/mol. The molecule has 1 amide bonds. The predicted octanol–water partition coefficient (Wildman–Crippen LogP) is 5.21. The van der Waals surface area contributed by atoms with Crippen LogP contribution in [0.4, 0.5) is 5.69 Å². The summed E-state index contributed by atoms with van der Waals surface area (Å²) in [5.74, 6) is 0.322. The van der Waals surface area contributed by atoms with Crippen LogP contribution >= 0.6 is 27.5 Å². The topological polar surface area (TPSA) is 38.3 Å². The Labute approximate surface area is 143 Å². The van der Waals surface area contributed by atoms with Crippen molar-refractivity contribution in [3.05, 3.63) is 57.5 Å². The summed E-state index contributed by atoms with van der Waals surface area (Å²) in [7, 11) is 0. The number of benzene rings is 2. The van der Waals surface area contributed by atoms with Crippen molar-refractivity contribution in [3.8, 4) is 5.75 Å². The van der Waals surface area contributed by atoms with Gasteiger partial charge in [-0.25, -0.2) is 0 Å². The third-order valence-electron chi connectivity index (χ3n) is 3.19. The van der Waals surface area contributed by atoms with Crippen LogP contribution in [-0.4, -0.2) is 12.0 Å². The maximum Gasteiger partial charge on any atom is 0.265 e. The maximum absolute atomic E-state index is 12.4. The first-order valence-electron chi connectivity index (χ1n) is 6.99. The third-order valence-corrected chi connectivity index (χ3v) is 4.40. The van der Waals surface area contributed by atoms with Crippen molar-refractivity contribution in [3.63, 3.8) is 0 Å². The number of carbonyl (C=O) groups is 1. The normalized spacial score (nSPS) is 11.8. The molecule has 2 rings (SSSR count). The Kier molecular flexibility index (Phi) is 5.86. The van der Waals surface area contributed by atoms with Gasteiger partial charge in [0, 0.05) is 10.2 Å². The van der Waals surface area contributed by atoms with Crippen molar-refractivity contribution in [2.45, 2.75) is 26.4 Å². The van der Waals surface area contributed by atoms with Crippen LogP contribution in [0.2, 0.25) is 5.02 Å². The Bertz CT molecular complexity index is 675. The Morgan fingerprint density at radius 2 is 2.05 bits per heavy atom. The fourth-order valence-corrected chi connectivity index (χ4v) is 2.39. The van der Waals surface area contributed by atoms with E-state index < -0.39 is 6.10 Å². The molecule has 0 fully saturated rings. The van der Waals surface area contributed by atoms with E-state index in [1.807, 2.05) is 44.2 Å². The molecule has 2 aromatic rings. The van der Waals surface area contributed by atoms with Crippen LogP contribution in [0.15, 0.2) is 46.9 Å². The zero-order chi connectivity index (χ0) is 16.1. The number of amides is 1. The lowest BCUT2D eigenvalue weighted by molar-refractivity contribution is -0.122. The van der Waals surface area contributed by atoms with Gasteiger partial charge in [-0.1, -0.05) is 46.6 Å². The summed E-state index contributed by atoms with van der Waals surface area (Å²) < 4.78 is 6.73. The van der Waals surface area contributed by atoms with E-state index in [0.29, 0.717) is 17.2 Å². The standard InChI is InChI=1S/C17H17BrClNO2/c1-3-15(22-16-7-5-4-6-14(16)19)17(21)20-12-8-9-13(18)11(2)10-12/h4-10,15H,3H2,1-2H3,(H,20,21)/t15-/m0/s1. The van der Waals surface area contributed by atoms with Gasteiger partial charge in [-0.15, -0.1) is 0 Å². The SMILES string of the molecule is CC[C@H](Oc1ccccc1Cl)C(=O)Nc1ccc(Br)c(C)c1. The minimum absolute atomic E-state index is 0.191. The Morgan fingerprint density at radius 3 is 2.68 bits per heavy atom. The van der Waals surface area contributed by atoms with Gasteiger partial charge in [0.2, 0.25) is 0 Å². The van der Waals surface area contributed by atoms with E-state index in [-0.39, 0.29) is 5.91 Å². The van der Waals surface area contributed by atoms with Crippen LogP contribution < -0.4 is 10.1 Å². The first kappa shape index (κ1) is 16.8. The number of anilines is 1. The molecule has 2 aromatic carbocycles. The molecular weight excluding hydrogens is 366 g/mol. The molecule has 22 heavy (non-hydrogen) atoms. The lowest BCUT2D eigenvalue weighted by Gasteiger charge is -2.18. The van der Waals surface area contributed by atoms with Crippen LogP contribution in [0, 0.1) is 6.92 Å². The summed E-state index contributed by atoms with van der Waals surface area (Å²) in [4.78, 5) is 12.4. The highest BCUT2D eigenvalue weighted by atomic mass is 79.9. The molecule has 0 aliphatic carbocycles. The number of para-hydroxylation sites is 1. The van der Waals surface area contributed by atoms with E-state index in [4.69, 9.17) is 16.3 Å². The van der Waals surface area contributed by atoms with Gasteiger partial charge in [-0.3, -0.25) is 4.79 Å². The van der Waals surface area contributed by atoms with Crippen molar-refractivity contribution in [2.24, 2.45) is 0 Å².